The second-order valence-electron chi connectivity index (χ2n) is 7.21. The Morgan fingerprint density at radius 2 is 2.04 bits per heavy atom. The molecule has 3 rings (SSSR count). The van der Waals surface area contributed by atoms with Crippen molar-refractivity contribution in [3.8, 4) is 11.8 Å². The van der Waals surface area contributed by atoms with Gasteiger partial charge in [0.25, 0.3) is 0 Å². The highest BCUT2D eigenvalue weighted by molar-refractivity contribution is 7.41. The summed E-state index contributed by atoms with van der Waals surface area (Å²) in [7, 11) is 3.07. The van der Waals surface area contributed by atoms with Gasteiger partial charge in [-0.05, 0) is 50.3 Å². The van der Waals surface area contributed by atoms with E-state index in [1.165, 1.54) is 7.11 Å². The van der Waals surface area contributed by atoms with Crippen LogP contribution in [0.5, 0.6) is 0 Å². The van der Waals surface area contributed by atoms with Gasteiger partial charge in [-0.2, -0.15) is 0 Å². The van der Waals surface area contributed by atoms with Crippen molar-refractivity contribution in [2.24, 2.45) is 5.92 Å². The predicted octanol–water partition coefficient (Wildman–Crippen LogP) is 4.26. The van der Waals surface area contributed by atoms with Crippen molar-refractivity contribution >= 4 is 14.7 Å². The molecule has 0 spiro atoms. The smallest absolute Gasteiger partial charge is 0.409 e. The van der Waals surface area contributed by atoms with E-state index >= 15 is 0 Å². The zero-order chi connectivity index (χ0) is 20.1. The van der Waals surface area contributed by atoms with Crippen molar-refractivity contribution in [2.45, 2.75) is 44.2 Å². The number of aryl methyl sites for hydroxylation is 1. The molecule has 0 N–H and O–H groups in total. The molecule has 7 heteroatoms. The number of amides is 1. The average Bonchev–Trinajstić information content (AvgIpc) is 3.15. The van der Waals surface area contributed by atoms with Crippen molar-refractivity contribution in [2.75, 3.05) is 27.9 Å². The van der Waals surface area contributed by atoms with Gasteiger partial charge in [0.05, 0.1) is 7.11 Å². The first-order valence-electron chi connectivity index (χ1n) is 9.55. The van der Waals surface area contributed by atoms with Gasteiger partial charge in [-0.3, -0.25) is 4.52 Å². The normalized spacial score (nSPS) is 26.5. The molecule has 0 aromatic heterocycles. The van der Waals surface area contributed by atoms with Crippen LogP contribution in [-0.4, -0.2) is 50.5 Å². The number of hydrogen-bond donors (Lipinski definition) is 0. The molecule has 2 fully saturated rings. The van der Waals surface area contributed by atoms with Gasteiger partial charge in [0.15, 0.2) is 0 Å². The van der Waals surface area contributed by atoms with Crippen molar-refractivity contribution in [3.05, 3.63) is 35.4 Å². The monoisotopic (exact) mass is 405 g/mol. The molecule has 2 aliphatic rings. The number of likely N-dealkylation sites (tertiary alicyclic amines) is 1. The zero-order valence-corrected chi connectivity index (χ0v) is 17.8. The fourth-order valence-electron chi connectivity index (χ4n) is 4.33. The minimum Gasteiger partial charge on any atom is -0.453 e. The molecule has 1 aliphatic heterocycles. The fraction of sp³-hybridized carbons (Fsp3) is 0.571. The summed E-state index contributed by atoms with van der Waals surface area (Å²) in [5, 5.41) is 0. The summed E-state index contributed by atoms with van der Waals surface area (Å²) in [5.41, 5.74) is 1.40. The van der Waals surface area contributed by atoms with E-state index in [2.05, 4.69) is 17.9 Å². The van der Waals surface area contributed by atoms with E-state index in [0.717, 1.165) is 36.8 Å². The molecular weight excluding hydrogens is 377 g/mol. The van der Waals surface area contributed by atoms with Crippen molar-refractivity contribution in [3.63, 3.8) is 0 Å². The van der Waals surface area contributed by atoms with E-state index in [1.54, 1.807) is 14.2 Å². The molecule has 1 heterocycles. The Bertz CT molecular complexity index is 757. The molecule has 1 aliphatic carbocycles. The summed E-state index contributed by atoms with van der Waals surface area (Å²) < 4.78 is 22.1. The molecule has 0 unspecified atom stereocenters. The summed E-state index contributed by atoms with van der Waals surface area (Å²) in [6.07, 6.45) is 3.16. The van der Waals surface area contributed by atoms with E-state index in [-0.39, 0.29) is 18.1 Å². The number of benzene rings is 1. The summed E-state index contributed by atoms with van der Waals surface area (Å²) in [6.45, 7) is 2.70. The summed E-state index contributed by atoms with van der Waals surface area (Å²) >= 11 is 0. The molecule has 1 amide bonds. The average molecular weight is 405 g/mol. The van der Waals surface area contributed by atoms with Crippen LogP contribution in [-0.2, 0) is 18.3 Å². The molecule has 0 radical (unpaired) electrons. The van der Waals surface area contributed by atoms with E-state index in [4.69, 9.17) is 18.3 Å². The molecule has 1 aromatic carbocycles. The molecule has 0 bridgehead atoms. The third kappa shape index (κ3) is 4.34. The van der Waals surface area contributed by atoms with Gasteiger partial charge >= 0.3 is 14.7 Å². The SMILES string of the molecule is COC(=O)N1CC[C@@H]2[C@H]1CCC[C@]2(C#Cc1cccc(C)c1)OP(OC)OC. The lowest BCUT2D eigenvalue weighted by Gasteiger charge is -2.43. The third-order valence-electron chi connectivity index (χ3n) is 5.57. The van der Waals surface area contributed by atoms with Crippen molar-refractivity contribution in [1.82, 2.24) is 4.90 Å². The van der Waals surface area contributed by atoms with E-state index in [1.807, 2.05) is 30.0 Å². The van der Waals surface area contributed by atoms with E-state index in [9.17, 15) is 4.79 Å². The van der Waals surface area contributed by atoms with Crippen LogP contribution in [0.2, 0.25) is 0 Å². The molecule has 152 valence electrons. The number of methoxy groups -OCH3 is 1. The van der Waals surface area contributed by atoms with Crippen molar-refractivity contribution in [1.29, 1.82) is 0 Å². The molecule has 1 saturated heterocycles. The van der Waals surface area contributed by atoms with Gasteiger partial charge in [0.1, 0.15) is 5.60 Å². The van der Waals surface area contributed by atoms with Gasteiger partial charge in [-0.15, -0.1) is 0 Å². The van der Waals surface area contributed by atoms with Gasteiger partial charge in [-0.25, -0.2) is 4.79 Å². The third-order valence-corrected chi connectivity index (χ3v) is 6.65. The minimum absolute atomic E-state index is 0.0542. The molecular formula is C21H28NO5P. The first kappa shape index (κ1) is 21.1. The predicted molar refractivity (Wildman–Crippen MR) is 108 cm³/mol. The number of ether oxygens (including phenoxy) is 1. The van der Waals surface area contributed by atoms with Crippen LogP contribution in [0.4, 0.5) is 4.79 Å². The maximum absolute atomic E-state index is 12.2. The highest BCUT2D eigenvalue weighted by Crippen LogP contribution is 2.52. The lowest BCUT2D eigenvalue weighted by atomic mass is 9.73. The first-order valence-corrected chi connectivity index (χ1v) is 10.6. The Kier molecular flexibility index (Phi) is 6.95. The topological polar surface area (TPSA) is 57.2 Å². The van der Waals surface area contributed by atoms with Gasteiger partial charge in [0.2, 0.25) is 0 Å². The first-order chi connectivity index (χ1) is 13.5. The Morgan fingerprint density at radius 1 is 1.25 bits per heavy atom. The second kappa shape index (κ2) is 9.24. The van der Waals surface area contributed by atoms with Crippen molar-refractivity contribution < 1.29 is 23.1 Å². The van der Waals surface area contributed by atoms with Crippen LogP contribution in [0.15, 0.2) is 24.3 Å². The zero-order valence-electron chi connectivity index (χ0n) is 16.9. The van der Waals surface area contributed by atoms with Crippen LogP contribution in [0, 0.1) is 24.7 Å². The van der Waals surface area contributed by atoms with Crippen LogP contribution in [0.25, 0.3) is 0 Å². The van der Waals surface area contributed by atoms with Crippen LogP contribution in [0.3, 0.4) is 0 Å². The number of fused-ring (bicyclic) bond motifs is 1. The summed E-state index contributed by atoms with van der Waals surface area (Å²) in [5.74, 6) is 6.83. The number of carbonyl (C=O) groups excluding carboxylic acids is 1. The molecule has 28 heavy (non-hydrogen) atoms. The number of nitrogens with zero attached hydrogens (tertiary/aromatic N) is 1. The van der Waals surface area contributed by atoms with Crippen LogP contribution < -0.4 is 0 Å². The Hall–Kier alpha value is -1.64. The molecule has 1 saturated carbocycles. The Labute approximate surface area is 168 Å². The van der Waals surface area contributed by atoms with E-state index in [0.29, 0.717) is 6.54 Å². The molecule has 6 nitrogen and oxygen atoms in total. The van der Waals surface area contributed by atoms with Gasteiger partial charge in [-0.1, -0.05) is 24.0 Å². The molecule has 1 aromatic rings. The summed E-state index contributed by atoms with van der Waals surface area (Å²) in [4.78, 5) is 14.0. The quantitative estimate of drug-likeness (QED) is 0.553. The fourth-order valence-corrected chi connectivity index (χ4v) is 5.17. The number of carbonyl (C=O) groups is 1. The number of hydrogen-bond acceptors (Lipinski definition) is 5. The second-order valence-corrected chi connectivity index (χ2v) is 8.57. The Balaban J connectivity index is 1.96. The highest BCUT2D eigenvalue weighted by Gasteiger charge is 2.53. The standard InChI is InChI=1S/C21H28NO5P/c1-16-7-5-8-17(15-16)10-13-21(27-28(25-3)26-4)12-6-9-19-18(21)11-14-22(19)20(23)24-2/h5,7-8,15,18-19H,6,9,11-12,14H2,1-4H3/t18-,19-,21-/m1/s1. The van der Waals surface area contributed by atoms with Crippen LogP contribution >= 0.6 is 8.60 Å². The van der Waals surface area contributed by atoms with Gasteiger partial charge in [0, 0.05) is 38.3 Å². The number of rotatable bonds is 4. The largest absolute Gasteiger partial charge is 0.453 e. The highest BCUT2D eigenvalue weighted by atomic mass is 31.2. The lowest BCUT2D eigenvalue weighted by Crippen LogP contribution is -2.50. The maximum atomic E-state index is 12.2. The van der Waals surface area contributed by atoms with Crippen LogP contribution in [0.1, 0.15) is 36.8 Å². The summed E-state index contributed by atoms with van der Waals surface area (Å²) in [6, 6.07) is 8.17. The van der Waals surface area contributed by atoms with Gasteiger partial charge < -0.3 is 18.7 Å². The minimum atomic E-state index is -1.51. The maximum Gasteiger partial charge on any atom is 0.409 e. The molecule has 3 atom stereocenters. The Morgan fingerprint density at radius 3 is 2.71 bits per heavy atom. The van der Waals surface area contributed by atoms with E-state index < -0.39 is 14.2 Å². The lowest BCUT2D eigenvalue weighted by molar-refractivity contribution is -0.00622.